The standard InChI is InChI=1S/C13H11NO3/c1-2-12(15)14-8-10-7-9-5-3-4-6-11(9)17-13(10)16/h2-7H,1,8H2,(H,14,15). The fraction of sp³-hybridized carbons (Fsp3) is 0.0769. The van der Waals surface area contributed by atoms with Crippen molar-refractivity contribution >= 4 is 16.9 Å². The molecule has 0 saturated carbocycles. The highest BCUT2D eigenvalue weighted by molar-refractivity contribution is 5.86. The molecule has 0 aliphatic carbocycles. The lowest BCUT2D eigenvalue weighted by Gasteiger charge is -2.02. The van der Waals surface area contributed by atoms with Crippen LogP contribution in [0.25, 0.3) is 11.0 Å². The van der Waals surface area contributed by atoms with Gasteiger partial charge in [-0.1, -0.05) is 24.8 Å². The van der Waals surface area contributed by atoms with Crippen LogP contribution in [0.5, 0.6) is 0 Å². The van der Waals surface area contributed by atoms with Gasteiger partial charge >= 0.3 is 5.63 Å². The Balaban J connectivity index is 2.34. The summed E-state index contributed by atoms with van der Waals surface area (Å²) in [6.45, 7) is 3.47. The quantitative estimate of drug-likeness (QED) is 0.642. The van der Waals surface area contributed by atoms with E-state index < -0.39 is 5.63 Å². The second kappa shape index (κ2) is 4.65. The van der Waals surface area contributed by atoms with E-state index >= 15 is 0 Å². The van der Waals surface area contributed by atoms with Gasteiger partial charge in [-0.3, -0.25) is 4.79 Å². The SMILES string of the molecule is C=CC(=O)NCc1cc2ccccc2oc1=O. The predicted molar refractivity (Wildman–Crippen MR) is 64.5 cm³/mol. The number of hydrogen-bond donors (Lipinski definition) is 1. The lowest BCUT2D eigenvalue weighted by molar-refractivity contribution is -0.116. The van der Waals surface area contributed by atoms with Crippen molar-refractivity contribution < 1.29 is 9.21 Å². The minimum Gasteiger partial charge on any atom is -0.422 e. The first kappa shape index (κ1) is 11.1. The highest BCUT2D eigenvalue weighted by atomic mass is 16.4. The van der Waals surface area contributed by atoms with Gasteiger partial charge in [0.05, 0.1) is 12.1 Å². The monoisotopic (exact) mass is 229 g/mol. The molecule has 1 aromatic heterocycles. The van der Waals surface area contributed by atoms with Crippen molar-refractivity contribution in [3.05, 3.63) is 59.0 Å². The Bertz CT molecular complexity index is 628. The van der Waals surface area contributed by atoms with Crippen LogP contribution in [0.15, 0.2) is 52.2 Å². The molecule has 0 radical (unpaired) electrons. The van der Waals surface area contributed by atoms with E-state index in [4.69, 9.17) is 4.42 Å². The summed E-state index contributed by atoms with van der Waals surface area (Å²) in [5, 5.41) is 3.37. The molecule has 0 saturated heterocycles. The van der Waals surface area contributed by atoms with E-state index in [-0.39, 0.29) is 12.5 Å². The molecule has 0 atom stereocenters. The van der Waals surface area contributed by atoms with Crippen molar-refractivity contribution in [1.29, 1.82) is 0 Å². The number of fused-ring (bicyclic) bond motifs is 1. The van der Waals surface area contributed by atoms with Gasteiger partial charge in [-0.2, -0.15) is 0 Å². The van der Waals surface area contributed by atoms with Gasteiger partial charge in [0.15, 0.2) is 0 Å². The molecule has 86 valence electrons. The summed E-state index contributed by atoms with van der Waals surface area (Å²) in [6.07, 6.45) is 1.16. The zero-order valence-electron chi connectivity index (χ0n) is 9.10. The van der Waals surface area contributed by atoms with Gasteiger partial charge in [0, 0.05) is 5.39 Å². The molecule has 4 nitrogen and oxygen atoms in total. The number of benzene rings is 1. The highest BCUT2D eigenvalue weighted by Crippen LogP contribution is 2.12. The second-order valence-electron chi connectivity index (χ2n) is 3.52. The summed E-state index contributed by atoms with van der Waals surface area (Å²) in [6, 6.07) is 8.93. The first-order chi connectivity index (χ1) is 8.20. The van der Waals surface area contributed by atoms with E-state index in [1.165, 1.54) is 0 Å². The van der Waals surface area contributed by atoms with Gasteiger partial charge in [0.2, 0.25) is 5.91 Å². The summed E-state index contributed by atoms with van der Waals surface area (Å²) < 4.78 is 5.13. The van der Waals surface area contributed by atoms with Crippen molar-refractivity contribution in [2.24, 2.45) is 0 Å². The Hall–Kier alpha value is -2.36. The lowest BCUT2D eigenvalue weighted by atomic mass is 10.2. The molecule has 0 bridgehead atoms. The maximum Gasteiger partial charge on any atom is 0.341 e. The van der Waals surface area contributed by atoms with Crippen LogP contribution in [0.4, 0.5) is 0 Å². The van der Waals surface area contributed by atoms with Crippen molar-refractivity contribution in [2.75, 3.05) is 0 Å². The molecule has 1 heterocycles. The number of hydrogen-bond acceptors (Lipinski definition) is 3. The van der Waals surface area contributed by atoms with Crippen molar-refractivity contribution in [2.45, 2.75) is 6.54 Å². The molecule has 1 aromatic carbocycles. The molecule has 0 aliphatic rings. The van der Waals surface area contributed by atoms with E-state index in [1.54, 1.807) is 18.2 Å². The fourth-order valence-electron chi connectivity index (χ4n) is 1.48. The molecule has 2 rings (SSSR count). The van der Waals surface area contributed by atoms with E-state index in [0.717, 1.165) is 11.5 Å². The Morgan fingerprint density at radius 2 is 2.18 bits per heavy atom. The van der Waals surface area contributed by atoms with Crippen LogP contribution in [0.3, 0.4) is 0 Å². The lowest BCUT2D eigenvalue weighted by Crippen LogP contribution is -2.23. The topological polar surface area (TPSA) is 59.3 Å². The normalized spacial score (nSPS) is 10.1. The van der Waals surface area contributed by atoms with Crippen LogP contribution in [0.1, 0.15) is 5.56 Å². The van der Waals surface area contributed by atoms with Gasteiger partial charge in [-0.05, 0) is 18.2 Å². The number of carbonyl (C=O) groups is 1. The van der Waals surface area contributed by atoms with Crippen LogP contribution < -0.4 is 10.9 Å². The summed E-state index contributed by atoms with van der Waals surface area (Å²) in [4.78, 5) is 22.6. The third-order valence-corrected chi connectivity index (χ3v) is 2.35. The molecule has 2 aromatic rings. The van der Waals surface area contributed by atoms with Gasteiger partial charge in [-0.25, -0.2) is 4.79 Å². The molecule has 0 aliphatic heterocycles. The van der Waals surface area contributed by atoms with Crippen LogP contribution >= 0.6 is 0 Å². The van der Waals surface area contributed by atoms with E-state index in [1.807, 2.05) is 12.1 Å². The molecule has 0 spiro atoms. The van der Waals surface area contributed by atoms with Gasteiger partial charge in [-0.15, -0.1) is 0 Å². The molecule has 0 unspecified atom stereocenters. The Morgan fingerprint density at radius 1 is 1.41 bits per heavy atom. The average molecular weight is 229 g/mol. The number of para-hydroxylation sites is 1. The number of carbonyl (C=O) groups excluding carboxylic acids is 1. The number of rotatable bonds is 3. The van der Waals surface area contributed by atoms with Crippen molar-refractivity contribution in [3.63, 3.8) is 0 Å². The summed E-state index contributed by atoms with van der Waals surface area (Å²) in [7, 11) is 0. The van der Waals surface area contributed by atoms with Crippen molar-refractivity contribution in [3.8, 4) is 0 Å². The van der Waals surface area contributed by atoms with Crippen LogP contribution in [-0.2, 0) is 11.3 Å². The van der Waals surface area contributed by atoms with Crippen LogP contribution in [0.2, 0.25) is 0 Å². The maximum atomic E-state index is 11.6. The van der Waals surface area contributed by atoms with Crippen LogP contribution in [0, 0.1) is 0 Å². The molecule has 1 N–H and O–H groups in total. The van der Waals surface area contributed by atoms with Gasteiger partial charge in [0.25, 0.3) is 0 Å². The number of nitrogens with one attached hydrogen (secondary N) is 1. The van der Waals surface area contributed by atoms with Gasteiger partial charge < -0.3 is 9.73 Å². The van der Waals surface area contributed by atoms with E-state index in [9.17, 15) is 9.59 Å². The number of amides is 1. The Morgan fingerprint density at radius 3 is 2.94 bits per heavy atom. The first-order valence-electron chi connectivity index (χ1n) is 5.13. The molecular weight excluding hydrogens is 218 g/mol. The van der Waals surface area contributed by atoms with E-state index in [2.05, 4.69) is 11.9 Å². The van der Waals surface area contributed by atoms with Gasteiger partial charge in [0.1, 0.15) is 5.58 Å². The smallest absolute Gasteiger partial charge is 0.341 e. The Kier molecular flexibility index (Phi) is 3.05. The maximum absolute atomic E-state index is 11.6. The van der Waals surface area contributed by atoms with Crippen LogP contribution in [-0.4, -0.2) is 5.91 Å². The third-order valence-electron chi connectivity index (χ3n) is 2.35. The first-order valence-corrected chi connectivity index (χ1v) is 5.13. The zero-order chi connectivity index (χ0) is 12.3. The molecular formula is C13H11NO3. The minimum atomic E-state index is -0.437. The molecule has 4 heteroatoms. The zero-order valence-corrected chi connectivity index (χ0v) is 9.10. The highest BCUT2D eigenvalue weighted by Gasteiger charge is 2.05. The molecule has 17 heavy (non-hydrogen) atoms. The fourth-order valence-corrected chi connectivity index (χ4v) is 1.48. The van der Waals surface area contributed by atoms with E-state index in [0.29, 0.717) is 11.1 Å². The second-order valence-corrected chi connectivity index (χ2v) is 3.52. The summed E-state index contributed by atoms with van der Waals surface area (Å²) in [5.74, 6) is -0.322. The summed E-state index contributed by atoms with van der Waals surface area (Å²) >= 11 is 0. The average Bonchev–Trinajstić information content (AvgIpc) is 2.35. The largest absolute Gasteiger partial charge is 0.422 e. The molecule has 1 amide bonds. The predicted octanol–water partition coefficient (Wildman–Crippen LogP) is 1.60. The third kappa shape index (κ3) is 2.42. The van der Waals surface area contributed by atoms with Crippen molar-refractivity contribution in [1.82, 2.24) is 5.32 Å². The molecule has 0 fully saturated rings. The minimum absolute atomic E-state index is 0.137. The Labute approximate surface area is 97.6 Å². The summed E-state index contributed by atoms with van der Waals surface area (Å²) in [5.41, 5.74) is 0.517.